The molecule has 0 bridgehead atoms. The number of hydrogen-bond donors (Lipinski definition) is 2. The van der Waals surface area contributed by atoms with Crippen LogP contribution in [-0.2, 0) is 27.9 Å². The molecule has 2 unspecified atom stereocenters. The summed E-state index contributed by atoms with van der Waals surface area (Å²) in [7, 11) is -4.28. The van der Waals surface area contributed by atoms with Crippen molar-refractivity contribution in [3.8, 4) is 0 Å². The Morgan fingerprint density at radius 1 is 0.536 bits per heavy atom. The van der Waals surface area contributed by atoms with E-state index >= 15 is 0 Å². The largest absolute Gasteiger partial charge is 0.472 e. The fourth-order valence-corrected chi connectivity index (χ4v) is 7.32. The Bertz CT molecular complexity index is 957. The smallest absolute Gasteiger partial charge is 0.457 e. The van der Waals surface area contributed by atoms with Gasteiger partial charge in [-0.3, -0.25) is 13.8 Å². The topological polar surface area (TPSA) is 117 Å². The number of phosphoric ester groups is 1. The summed E-state index contributed by atoms with van der Waals surface area (Å²) in [5.41, 5.74) is 5.37. The van der Waals surface area contributed by atoms with Gasteiger partial charge in [-0.05, 0) is 70.6 Å². The first-order valence-electron chi connectivity index (χ1n) is 23.5. The van der Waals surface area contributed by atoms with Crippen molar-refractivity contribution < 1.29 is 32.8 Å². The highest BCUT2D eigenvalue weighted by Crippen LogP contribution is 2.43. The van der Waals surface area contributed by atoms with Crippen LogP contribution in [0, 0.1) is 0 Å². The highest BCUT2D eigenvalue weighted by Gasteiger charge is 2.25. The molecule has 0 aromatic rings. The van der Waals surface area contributed by atoms with Gasteiger partial charge in [-0.1, -0.05) is 179 Å². The molecule has 0 saturated heterocycles. The zero-order valence-electron chi connectivity index (χ0n) is 36.6. The molecule has 56 heavy (non-hydrogen) atoms. The molecule has 0 heterocycles. The maximum absolute atomic E-state index is 12.6. The van der Waals surface area contributed by atoms with Gasteiger partial charge in [0.25, 0.3) is 0 Å². The van der Waals surface area contributed by atoms with Crippen LogP contribution in [-0.4, -0.2) is 49.9 Å². The average molecular weight is 812 g/mol. The van der Waals surface area contributed by atoms with Crippen LogP contribution in [0.5, 0.6) is 0 Å². The maximum Gasteiger partial charge on any atom is 0.472 e. The molecule has 8 nitrogen and oxygen atoms in total. The molecule has 0 aliphatic heterocycles. The van der Waals surface area contributed by atoms with Gasteiger partial charge in [0, 0.05) is 19.6 Å². The molecule has 0 radical (unpaired) electrons. The highest BCUT2D eigenvalue weighted by molar-refractivity contribution is 7.47. The Labute approximate surface area is 346 Å². The zero-order valence-corrected chi connectivity index (χ0v) is 37.5. The van der Waals surface area contributed by atoms with Gasteiger partial charge in [-0.15, -0.1) is 0 Å². The van der Waals surface area contributed by atoms with Crippen molar-refractivity contribution in [3.63, 3.8) is 0 Å². The molecule has 9 heteroatoms. The minimum absolute atomic E-state index is 0.0969. The van der Waals surface area contributed by atoms with E-state index in [9.17, 15) is 14.3 Å². The number of phosphoric acid groups is 1. The quantitative estimate of drug-likeness (QED) is 0.0270. The third-order valence-electron chi connectivity index (χ3n) is 10.0. The summed E-state index contributed by atoms with van der Waals surface area (Å²) in [6.07, 6.45) is 51.7. The molecular weight excluding hydrogens is 721 g/mol. The van der Waals surface area contributed by atoms with Crippen LogP contribution in [0.1, 0.15) is 219 Å². The number of allylic oxidation sites excluding steroid dienone is 6. The average Bonchev–Trinajstić information content (AvgIpc) is 3.19. The van der Waals surface area contributed by atoms with Gasteiger partial charge >= 0.3 is 13.8 Å². The Kier molecular flexibility index (Phi) is 43.8. The molecule has 2 atom stereocenters. The lowest BCUT2D eigenvalue weighted by Crippen LogP contribution is -2.28. The number of nitrogens with two attached hydrogens (primary N) is 1. The number of rotatable bonds is 45. The van der Waals surface area contributed by atoms with Crippen molar-refractivity contribution >= 4 is 13.8 Å². The van der Waals surface area contributed by atoms with Crippen molar-refractivity contribution in [2.75, 3.05) is 33.0 Å². The van der Waals surface area contributed by atoms with Crippen molar-refractivity contribution in [2.24, 2.45) is 5.73 Å². The molecule has 0 aliphatic rings. The minimum Gasteiger partial charge on any atom is -0.457 e. The minimum atomic E-state index is -4.28. The zero-order chi connectivity index (χ0) is 40.9. The van der Waals surface area contributed by atoms with Crippen LogP contribution in [0.4, 0.5) is 0 Å². The summed E-state index contributed by atoms with van der Waals surface area (Å²) in [5.74, 6) is -0.339. The number of esters is 1. The van der Waals surface area contributed by atoms with E-state index in [0.717, 1.165) is 51.4 Å². The van der Waals surface area contributed by atoms with Gasteiger partial charge < -0.3 is 20.1 Å². The summed E-state index contributed by atoms with van der Waals surface area (Å²) in [6, 6.07) is 0. The lowest BCUT2D eigenvalue weighted by Gasteiger charge is -2.20. The second-order valence-corrected chi connectivity index (χ2v) is 17.1. The van der Waals surface area contributed by atoms with Crippen molar-refractivity contribution in [3.05, 3.63) is 36.5 Å². The molecule has 3 N–H and O–H groups in total. The van der Waals surface area contributed by atoms with E-state index in [-0.39, 0.29) is 32.3 Å². The summed E-state index contributed by atoms with van der Waals surface area (Å²) in [6.45, 7) is 4.90. The van der Waals surface area contributed by atoms with Crippen LogP contribution in [0.15, 0.2) is 36.5 Å². The summed E-state index contributed by atoms with van der Waals surface area (Å²) >= 11 is 0. The first kappa shape index (κ1) is 54.7. The molecule has 0 aromatic heterocycles. The van der Waals surface area contributed by atoms with Crippen LogP contribution in [0.25, 0.3) is 0 Å². The standard InChI is InChI=1S/C47H90NO7P/c1-3-5-7-9-11-13-15-17-18-19-20-21-22-23-24-25-26-27-29-31-33-35-37-39-42-52-44-46(45-54-56(50,51)53-43-41-48)55-47(49)40-38-36-34-32-30-28-16-14-12-10-8-6-4-2/h14-17,19-20,46H,3-13,18,21-45,48H2,1-2H3,(H,50,51)/b16-14-,17-15-,20-19-. The Hall–Kier alpha value is -1.28. The number of hydrogen-bond acceptors (Lipinski definition) is 7. The van der Waals surface area contributed by atoms with Gasteiger partial charge in [0.1, 0.15) is 6.10 Å². The molecular formula is C47H90NO7P. The SMILES string of the molecule is CCCCCC/C=C\CCCCCCCC(=O)OC(COCCCCCCCCCCCCCC/C=C\C/C=C\CCCCCCC)COP(=O)(O)OCCN. The monoisotopic (exact) mass is 812 g/mol. The van der Waals surface area contributed by atoms with Crippen LogP contribution >= 0.6 is 7.82 Å². The maximum atomic E-state index is 12.6. The van der Waals surface area contributed by atoms with Crippen LogP contribution in [0.3, 0.4) is 0 Å². The Balaban J connectivity index is 3.92. The highest BCUT2D eigenvalue weighted by atomic mass is 31.2. The fourth-order valence-electron chi connectivity index (χ4n) is 6.55. The van der Waals surface area contributed by atoms with E-state index < -0.39 is 13.9 Å². The first-order valence-corrected chi connectivity index (χ1v) is 25.0. The first-order chi connectivity index (χ1) is 27.4. The second kappa shape index (κ2) is 44.8. The molecule has 0 aliphatic carbocycles. The van der Waals surface area contributed by atoms with E-state index in [4.69, 9.17) is 24.3 Å². The lowest BCUT2D eigenvalue weighted by molar-refractivity contribution is -0.154. The van der Waals surface area contributed by atoms with E-state index in [1.165, 1.54) is 148 Å². The summed E-state index contributed by atoms with van der Waals surface area (Å²) in [5, 5.41) is 0. The summed E-state index contributed by atoms with van der Waals surface area (Å²) < 4.78 is 33.5. The fraction of sp³-hybridized carbons (Fsp3) is 0.851. The summed E-state index contributed by atoms with van der Waals surface area (Å²) in [4.78, 5) is 22.5. The molecule has 0 aromatic carbocycles. The number of unbranched alkanes of at least 4 members (excludes halogenated alkanes) is 26. The van der Waals surface area contributed by atoms with Crippen LogP contribution in [0.2, 0.25) is 0 Å². The van der Waals surface area contributed by atoms with Crippen molar-refractivity contribution in [1.82, 2.24) is 0 Å². The molecule has 0 saturated carbocycles. The normalized spacial score (nSPS) is 13.7. The second-order valence-electron chi connectivity index (χ2n) is 15.6. The number of ether oxygens (including phenoxy) is 2. The van der Waals surface area contributed by atoms with Gasteiger partial charge in [0.15, 0.2) is 0 Å². The third kappa shape index (κ3) is 43.8. The molecule has 0 rings (SSSR count). The third-order valence-corrected chi connectivity index (χ3v) is 11.0. The Morgan fingerprint density at radius 2 is 0.946 bits per heavy atom. The molecule has 0 spiro atoms. The Morgan fingerprint density at radius 3 is 1.43 bits per heavy atom. The molecule has 0 fully saturated rings. The van der Waals surface area contributed by atoms with E-state index in [0.29, 0.717) is 13.0 Å². The van der Waals surface area contributed by atoms with Gasteiger partial charge in [-0.25, -0.2) is 4.57 Å². The van der Waals surface area contributed by atoms with E-state index in [1.807, 2.05) is 0 Å². The van der Waals surface area contributed by atoms with Gasteiger partial charge in [0.05, 0.1) is 19.8 Å². The lowest BCUT2D eigenvalue weighted by atomic mass is 10.0. The van der Waals surface area contributed by atoms with Gasteiger partial charge in [-0.2, -0.15) is 0 Å². The van der Waals surface area contributed by atoms with Crippen LogP contribution < -0.4 is 5.73 Å². The predicted molar refractivity (Wildman–Crippen MR) is 238 cm³/mol. The number of carbonyl (C=O) groups is 1. The van der Waals surface area contributed by atoms with Gasteiger partial charge in [0.2, 0.25) is 0 Å². The predicted octanol–water partition coefficient (Wildman–Crippen LogP) is 14.2. The van der Waals surface area contributed by atoms with E-state index in [1.54, 1.807) is 0 Å². The van der Waals surface area contributed by atoms with Crippen molar-refractivity contribution in [1.29, 1.82) is 0 Å². The molecule has 330 valence electrons. The van der Waals surface area contributed by atoms with Crippen molar-refractivity contribution in [2.45, 2.75) is 225 Å². The van der Waals surface area contributed by atoms with E-state index in [2.05, 4.69) is 50.3 Å². The number of carbonyl (C=O) groups excluding carboxylic acids is 1. The molecule has 0 amide bonds.